The normalized spacial score (nSPS) is 9.83. The van der Waals surface area contributed by atoms with Crippen LogP contribution >= 0.6 is 0 Å². The molecule has 0 radical (unpaired) electrons. The van der Waals surface area contributed by atoms with Crippen LogP contribution in [0.5, 0.6) is 17.2 Å². The van der Waals surface area contributed by atoms with Crippen molar-refractivity contribution in [3.8, 4) is 17.2 Å². The summed E-state index contributed by atoms with van der Waals surface area (Å²) in [5.41, 5.74) is 1.46. The average molecular weight is 333 g/mol. The Balaban J connectivity index is 2.20. The Labute approximate surface area is 139 Å². The third-order valence-electron chi connectivity index (χ3n) is 3.13. The number of rotatable bonds is 6. The summed E-state index contributed by atoms with van der Waals surface area (Å²) in [5.74, 6) is 1.98. The number of ether oxygens (including phenoxy) is 4. The fourth-order valence-electron chi connectivity index (χ4n) is 2.02. The molecular weight excluding hydrogens is 314 g/mol. The van der Waals surface area contributed by atoms with E-state index in [0.717, 1.165) is 11.4 Å². The summed E-state index contributed by atoms with van der Waals surface area (Å²) in [6, 6.07) is 6.97. The van der Waals surface area contributed by atoms with Crippen molar-refractivity contribution in [2.75, 3.05) is 39.1 Å². The molecule has 2 rings (SSSR count). The predicted molar refractivity (Wildman–Crippen MR) is 89.6 cm³/mol. The van der Waals surface area contributed by atoms with Gasteiger partial charge in [0.15, 0.2) is 11.5 Å². The van der Waals surface area contributed by atoms with Gasteiger partial charge in [0.2, 0.25) is 5.75 Å². The van der Waals surface area contributed by atoms with Crippen LogP contribution in [0.15, 0.2) is 30.5 Å². The van der Waals surface area contributed by atoms with Crippen molar-refractivity contribution in [2.45, 2.75) is 0 Å². The number of anilines is 3. The van der Waals surface area contributed by atoms with Crippen molar-refractivity contribution in [1.29, 1.82) is 0 Å². The lowest BCUT2D eigenvalue weighted by Crippen LogP contribution is -2.11. The zero-order valence-electron chi connectivity index (χ0n) is 13.9. The summed E-state index contributed by atoms with van der Waals surface area (Å²) in [4.78, 5) is 15.3. The number of hydrogen-bond acceptors (Lipinski definition) is 7. The summed E-state index contributed by atoms with van der Waals surface area (Å²) in [7, 11) is 5.94. The van der Waals surface area contributed by atoms with E-state index in [9.17, 15) is 4.79 Å². The van der Waals surface area contributed by atoms with Crippen LogP contribution in [-0.2, 0) is 4.74 Å². The van der Waals surface area contributed by atoms with E-state index in [0.29, 0.717) is 23.1 Å². The van der Waals surface area contributed by atoms with Gasteiger partial charge in [-0.05, 0) is 12.1 Å². The minimum absolute atomic E-state index is 0.386. The van der Waals surface area contributed by atoms with Gasteiger partial charge < -0.3 is 24.3 Å². The Morgan fingerprint density at radius 2 is 1.62 bits per heavy atom. The van der Waals surface area contributed by atoms with Crippen molar-refractivity contribution in [2.24, 2.45) is 0 Å². The summed E-state index contributed by atoms with van der Waals surface area (Å²) < 4.78 is 20.4. The van der Waals surface area contributed by atoms with E-state index < -0.39 is 6.09 Å². The van der Waals surface area contributed by atoms with E-state index in [4.69, 9.17) is 14.2 Å². The summed E-state index contributed by atoms with van der Waals surface area (Å²) in [6.07, 6.45) is 1.00. The maximum atomic E-state index is 11.1. The first-order valence-corrected chi connectivity index (χ1v) is 6.99. The number of nitrogens with zero attached hydrogens (tertiary/aromatic N) is 1. The number of benzene rings is 1. The zero-order valence-corrected chi connectivity index (χ0v) is 13.9. The van der Waals surface area contributed by atoms with Gasteiger partial charge in [0.05, 0.1) is 40.3 Å². The van der Waals surface area contributed by atoms with Gasteiger partial charge in [-0.25, -0.2) is 9.78 Å². The summed E-state index contributed by atoms with van der Waals surface area (Å²) in [6.45, 7) is 0. The molecule has 1 amide bonds. The van der Waals surface area contributed by atoms with Gasteiger partial charge in [0.25, 0.3) is 0 Å². The third kappa shape index (κ3) is 3.97. The standard InChI is InChI=1S/C16H19N3O5/c1-21-12-7-11(8-13(22-2)15(12)23-3)18-10-5-6-14(17-9-10)19-16(20)24-4/h5-9,18H,1-4H3,(H,17,19,20). The van der Waals surface area contributed by atoms with Crippen molar-refractivity contribution >= 4 is 23.3 Å². The number of hydrogen-bond donors (Lipinski definition) is 2. The number of amides is 1. The maximum absolute atomic E-state index is 11.1. The molecule has 0 saturated carbocycles. The molecule has 0 spiro atoms. The molecule has 1 aromatic carbocycles. The molecule has 0 atom stereocenters. The first-order valence-electron chi connectivity index (χ1n) is 6.99. The first-order chi connectivity index (χ1) is 11.6. The quantitative estimate of drug-likeness (QED) is 0.839. The number of aromatic nitrogens is 1. The molecule has 1 heterocycles. The highest BCUT2D eigenvalue weighted by molar-refractivity contribution is 5.83. The second-order valence-corrected chi connectivity index (χ2v) is 4.59. The van der Waals surface area contributed by atoms with E-state index in [1.165, 1.54) is 7.11 Å². The Bertz CT molecular complexity index is 678. The molecule has 0 aliphatic rings. The SMILES string of the molecule is COC(=O)Nc1ccc(Nc2cc(OC)c(OC)c(OC)c2)cn1. The van der Waals surface area contributed by atoms with Gasteiger partial charge in [-0.1, -0.05) is 0 Å². The Morgan fingerprint density at radius 1 is 0.958 bits per heavy atom. The summed E-state index contributed by atoms with van der Waals surface area (Å²) >= 11 is 0. The number of carbonyl (C=O) groups excluding carboxylic acids is 1. The molecule has 0 unspecified atom stereocenters. The van der Waals surface area contributed by atoms with Crippen molar-refractivity contribution in [1.82, 2.24) is 4.98 Å². The Hall–Kier alpha value is -3.16. The number of carbonyl (C=O) groups is 1. The van der Waals surface area contributed by atoms with Crippen LogP contribution in [0.4, 0.5) is 22.0 Å². The predicted octanol–water partition coefficient (Wildman–Crippen LogP) is 3.03. The van der Waals surface area contributed by atoms with Gasteiger partial charge in [0.1, 0.15) is 5.82 Å². The van der Waals surface area contributed by atoms with Crippen LogP contribution in [-0.4, -0.2) is 39.5 Å². The highest BCUT2D eigenvalue weighted by Gasteiger charge is 2.13. The van der Waals surface area contributed by atoms with Gasteiger partial charge in [-0.2, -0.15) is 0 Å². The average Bonchev–Trinajstić information content (AvgIpc) is 2.62. The lowest BCUT2D eigenvalue weighted by Gasteiger charge is -2.15. The lowest BCUT2D eigenvalue weighted by atomic mass is 10.2. The van der Waals surface area contributed by atoms with E-state index in [1.807, 2.05) is 0 Å². The number of nitrogens with one attached hydrogen (secondary N) is 2. The monoisotopic (exact) mass is 333 g/mol. The fraction of sp³-hybridized carbons (Fsp3) is 0.250. The van der Waals surface area contributed by atoms with Crippen molar-refractivity contribution < 1.29 is 23.7 Å². The molecule has 8 nitrogen and oxygen atoms in total. The molecule has 8 heteroatoms. The third-order valence-corrected chi connectivity index (χ3v) is 3.13. The molecule has 0 saturated heterocycles. The first kappa shape index (κ1) is 17.2. The largest absolute Gasteiger partial charge is 0.493 e. The molecular formula is C16H19N3O5. The van der Waals surface area contributed by atoms with Crippen LogP contribution in [0, 0.1) is 0 Å². The van der Waals surface area contributed by atoms with Crippen LogP contribution in [0.25, 0.3) is 0 Å². The van der Waals surface area contributed by atoms with E-state index >= 15 is 0 Å². The number of pyridine rings is 1. The topological polar surface area (TPSA) is 90.9 Å². The van der Waals surface area contributed by atoms with Crippen LogP contribution < -0.4 is 24.8 Å². The fourth-order valence-corrected chi connectivity index (χ4v) is 2.02. The molecule has 2 N–H and O–H groups in total. The van der Waals surface area contributed by atoms with Gasteiger partial charge in [-0.15, -0.1) is 0 Å². The maximum Gasteiger partial charge on any atom is 0.412 e. The highest BCUT2D eigenvalue weighted by Crippen LogP contribution is 2.40. The molecule has 0 bridgehead atoms. The van der Waals surface area contributed by atoms with E-state index in [2.05, 4.69) is 20.4 Å². The van der Waals surface area contributed by atoms with Gasteiger partial charge >= 0.3 is 6.09 Å². The summed E-state index contributed by atoms with van der Waals surface area (Å²) in [5, 5.41) is 5.65. The van der Waals surface area contributed by atoms with Gasteiger partial charge in [-0.3, -0.25) is 5.32 Å². The van der Waals surface area contributed by atoms with Crippen molar-refractivity contribution in [3.63, 3.8) is 0 Å². The molecule has 1 aromatic heterocycles. The zero-order chi connectivity index (χ0) is 17.5. The Kier molecular flexibility index (Phi) is 5.67. The van der Waals surface area contributed by atoms with Crippen molar-refractivity contribution in [3.05, 3.63) is 30.5 Å². The molecule has 0 fully saturated rings. The molecule has 0 aliphatic heterocycles. The minimum atomic E-state index is -0.576. The molecule has 0 aliphatic carbocycles. The second kappa shape index (κ2) is 7.91. The minimum Gasteiger partial charge on any atom is -0.493 e. The molecule has 128 valence electrons. The number of methoxy groups -OCH3 is 4. The van der Waals surface area contributed by atoms with Crippen LogP contribution in [0.1, 0.15) is 0 Å². The Morgan fingerprint density at radius 3 is 2.08 bits per heavy atom. The lowest BCUT2D eigenvalue weighted by molar-refractivity contribution is 0.187. The highest BCUT2D eigenvalue weighted by atomic mass is 16.5. The van der Waals surface area contributed by atoms with E-state index in [1.54, 1.807) is 51.8 Å². The second-order valence-electron chi connectivity index (χ2n) is 4.59. The molecule has 2 aromatic rings. The smallest absolute Gasteiger partial charge is 0.412 e. The van der Waals surface area contributed by atoms with Gasteiger partial charge in [0, 0.05) is 17.8 Å². The van der Waals surface area contributed by atoms with E-state index in [-0.39, 0.29) is 0 Å². The van der Waals surface area contributed by atoms with Crippen LogP contribution in [0.3, 0.4) is 0 Å². The van der Waals surface area contributed by atoms with Crippen LogP contribution in [0.2, 0.25) is 0 Å². The molecule has 24 heavy (non-hydrogen) atoms.